The average Bonchev–Trinajstić information content (AvgIpc) is 3.14. The third kappa shape index (κ3) is 3.19. The fourth-order valence-corrected chi connectivity index (χ4v) is 2.79. The lowest BCUT2D eigenvalue weighted by atomic mass is 10.1. The summed E-state index contributed by atoms with van der Waals surface area (Å²) in [5.41, 5.74) is 0.581. The summed E-state index contributed by atoms with van der Waals surface area (Å²) in [5.74, 6) is 1.85. The Kier molecular flexibility index (Phi) is 4.52. The van der Waals surface area contributed by atoms with E-state index < -0.39 is 0 Å². The van der Waals surface area contributed by atoms with Gasteiger partial charge in [-0.05, 0) is 30.9 Å². The average molecular weight is 305 g/mol. The maximum absolute atomic E-state index is 12.7. The predicted octanol–water partition coefficient (Wildman–Crippen LogP) is 2.69. The molecular formula is C17H23NO4. The zero-order valence-corrected chi connectivity index (χ0v) is 13.2. The fraction of sp³-hybridized carbons (Fsp3) is 0.588. The van der Waals surface area contributed by atoms with Crippen LogP contribution in [0.3, 0.4) is 0 Å². The molecule has 2 aliphatic rings. The quantitative estimate of drug-likeness (QED) is 0.839. The Labute approximate surface area is 131 Å². The first-order valence-corrected chi connectivity index (χ1v) is 7.94. The van der Waals surface area contributed by atoms with Crippen LogP contribution in [-0.4, -0.2) is 43.4 Å². The largest absolute Gasteiger partial charge is 0.454 e. The molecule has 1 aromatic rings. The zero-order chi connectivity index (χ0) is 15.5. The van der Waals surface area contributed by atoms with E-state index in [1.165, 1.54) is 0 Å². The van der Waals surface area contributed by atoms with Gasteiger partial charge < -0.3 is 19.1 Å². The number of rotatable bonds is 5. The molecule has 0 aliphatic carbocycles. The maximum atomic E-state index is 12.7. The molecule has 1 fully saturated rings. The second kappa shape index (κ2) is 6.57. The molecule has 5 nitrogen and oxygen atoms in total. The number of carbonyl (C=O) groups is 1. The summed E-state index contributed by atoms with van der Waals surface area (Å²) in [5, 5.41) is 0. The molecule has 5 heteroatoms. The van der Waals surface area contributed by atoms with Gasteiger partial charge in [0.25, 0.3) is 5.91 Å². The molecule has 22 heavy (non-hydrogen) atoms. The topological polar surface area (TPSA) is 48.0 Å². The lowest BCUT2D eigenvalue weighted by Gasteiger charge is -2.18. The van der Waals surface area contributed by atoms with E-state index in [9.17, 15) is 4.79 Å². The molecule has 2 heterocycles. The van der Waals surface area contributed by atoms with E-state index in [2.05, 4.69) is 13.8 Å². The molecule has 3 rings (SSSR count). The second-order valence-corrected chi connectivity index (χ2v) is 6.25. The SMILES string of the molecule is CC(C)CCOC1CCN(C(=O)c2cccc3c2OCO3)C1. The Morgan fingerprint density at radius 3 is 3.09 bits per heavy atom. The lowest BCUT2D eigenvalue weighted by molar-refractivity contribution is 0.0483. The molecule has 0 aromatic heterocycles. The molecule has 0 N–H and O–H groups in total. The Morgan fingerprint density at radius 1 is 1.41 bits per heavy atom. The van der Waals surface area contributed by atoms with Gasteiger partial charge in [0.1, 0.15) is 0 Å². The van der Waals surface area contributed by atoms with E-state index in [0.717, 1.165) is 26.0 Å². The normalized spacial score (nSPS) is 20.0. The van der Waals surface area contributed by atoms with Crippen molar-refractivity contribution in [2.75, 3.05) is 26.5 Å². The van der Waals surface area contributed by atoms with Gasteiger partial charge in [0, 0.05) is 19.7 Å². The Hall–Kier alpha value is -1.75. The number of hydrogen-bond donors (Lipinski definition) is 0. The highest BCUT2D eigenvalue weighted by Crippen LogP contribution is 2.36. The highest BCUT2D eigenvalue weighted by atomic mass is 16.7. The first-order valence-electron chi connectivity index (χ1n) is 7.94. The van der Waals surface area contributed by atoms with Crippen LogP contribution in [0.1, 0.15) is 37.0 Å². The monoisotopic (exact) mass is 305 g/mol. The van der Waals surface area contributed by atoms with E-state index >= 15 is 0 Å². The summed E-state index contributed by atoms with van der Waals surface area (Å²) in [6.45, 7) is 6.71. The van der Waals surface area contributed by atoms with Gasteiger partial charge in [-0.15, -0.1) is 0 Å². The standard InChI is InChI=1S/C17H23NO4/c1-12(2)7-9-20-13-6-8-18(10-13)17(19)14-4-3-5-15-16(14)22-11-21-15/h3-5,12-13H,6-11H2,1-2H3. The van der Waals surface area contributed by atoms with Gasteiger partial charge in [-0.3, -0.25) is 4.79 Å². The number of amides is 1. The Balaban J connectivity index is 1.59. The van der Waals surface area contributed by atoms with Crippen LogP contribution in [0.15, 0.2) is 18.2 Å². The maximum Gasteiger partial charge on any atom is 0.257 e. The number of likely N-dealkylation sites (tertiary alicyclic amines) is 1. The van der Waals surface area contributed by atoms with E-state index in [-0.39, 0.29) is 18.8 Å². The number of fused-ring (bicyclic) bond motifs is 1. The number of nitrogens with zero attached hydrogens (tertiary/aromatic N) is 1. The van der Waals surface area contributed by atoms with Gasteiger partial charge in [0.2, 0.25) is 6.79 Å². The van der Waals surface area contributed by atoms with Crippen molar-refractivity contribution in [1.82, 2.24) is 4.90 Å². The van der Waals surface area contributed by atoms with Crippen LogP contribution in [0.2, 0.25) is 0 Å². The molecule has 2 aliphatic heterocycles. The zero-order valence-electron chi connectivity index (χ0n) is 13.2. The minimum Gasteiger partial charge on any atom is -0.454 e. The van der Waals surface area contributed by atoms with Crippen molar-refractivity contribution in [1.29, 1.82) is 0 Å². The molecule has 0 radical (unpaired) electrons. The van der Waals surface area contributed by atoms with Crippen LogP contribution < -0.4 is 9.47 Å². The van der Waals surface area contributed by atoms with Crippen LogP contribution in [0.4, 0.5) is 0 Å². The van der Waals surface area contributed by atoms with Crippen molar-refractivity contribution >= 4 is 5.91 Å². The van der Waals surface area contributed by atoms with Gasteiger partial charge in [-0.25, -0.2) is 0 Å². The minimum absolute atomic E-state index is 0.00249. The Morgan fingerprint density at radius 2 is 2.27 bits per heavy atom. The van der Waals surface area contributed by atoms with Crippen molar-refractivity contribution in [2.45, 2.75) is 32.8 Å². The highest BCUT2D eigenvalue weighted by molar-refractivity contribution is 5.98. The summed E-state index contributed by atoms with van der Waals surface area (Å²) in [6.07, 6.45) is 2.11. The van der Waals surface area contributed by atoms with Crippen molar-refractivity contribution in [3.63, 3.8) is 0 Å². The van der Waals surface area contributed by atoms with Crippen LogP contribution in [0, 0.1) is 5.92 Å². The van der Waals surface area contributed by atoms with Crippen molar-refractivity contribution < 1.29 is 19.0 Å². The molecule has 120 valence electrons. The highest BCUT2D eigenvalue weighted by Gasteiger charge is 2.31. The summed E-state index contributed by atoms with van der Waals surface area (Å²) in [7, 11) is 0. The van der Waals surface area contributed by atoms with Crippen LogP contribution >= 0.6 is 0 Å². The number of hydrogen-bond acceptors (Lipinski definition) is 4. The summed E-state index contributed by atoms with van der Waals surface area (Å²) in [4.78, 5) is 14.5. The lowest BCUT2D eigenvalue weighted by Crippen LogP contribution is -2.30. The number of ether oxygens (including phenoxy) is 3. The van der Waals surface area contributed by atoms with E-state index in [1.54, 1.807) is 6.07 Å². The molecule has 0 bridgehead atoms. The molecule has 0 spiro atoms. The summed E-state index contributed by atoms with van der Waals surface area (Å²) < 4.78 is 16.6. The summed E-state index contributed by atoms with van der Waals surface area (Å²) in [6, 6.07) is 5.44. The van der Waals surface area contributed by atoms with E-state index in [0.29, 0.717) is 29.5 Å². The van der Waals surface area contributed by atoms with E-state index in [1.807, 2.05) is 17.0 Å². The molecule has 1 unspecified atom stereocenters. The van der Waals surface area contributed by atoms with Gasteiger partial charge in [-0.2, -0.15) is 0 Å². The molecule has 1 atom stereocenters. The molecule has 1 aromatic carbocycles. The fourth-order valence-electron chi connectivity index (χ4n) is 2.79. The third-order valence-electron chi connectivity index (χ3n) is 4.11. The molecular weight excluding hydrogens is 282 g/mol. The number of benzene rings is 1. The number of carbonyl (C=O) groups excluding carboxylic acids is 1. The van der Waals surface area contributed by atoms with Gasteiger partial charge in [-0.1, -0.05) is 19.9 Å². The first-order chi connectivity index (χ1) is 10.6. The first kappa shape index (κ1) is 15.2. The van der Waals surface area contributed by atoms with Crippen molar-refractivity contribution in [3.05, 3.63) is 23.8 Å². The van der Waals surface area contributed by atoms with Gasteiger partial charge in [0.15, 0.2) is 11.5 Å². The van der Waals surface area contributed by atoms with Crippen LogP contribution in [0.5, 0.6) is 11.5 Å². The smallest absolute Gasteiger partial charge is 0.257 e. The van der Waals surface area contributed by atoms with Crippen molar-refractivity contribution in [3.8, 4) is 11.5 Å². The second-order valence-electron chi connectivity index (χ2n) is 6.25. The number of para-hydroxylation sites is 1. The Bertz CT molecular complexity index is 543. The minimum atomic E-state index is -0.00249. The third-order valence-corrected chi connectivity index (χ3v) is 4.11. The molecule has 0 saturated carbocycles. The van der Waals surface area contributed by atoms with Gasteiger partial charge >= 0.3 is 0 Å². The van der Waals surface area contributed by atoms with E-state index in [4.69, 9.17) is 14.2 Å². The molecule has 1 amide bonds. The van der Waals surface area contributed by atoms with Gasteiger partial charge in [0.05, 0.1) is 11.7 Å². The van der Waals surface area contributed by atoms with Crippen LogP contribution in [0.25, 0.3) is 0 Å². The summed E-state index contributed by atoms with van der Waals surface area (Å²) >= 11 is 0. The predicted molar refractivity (Wildman–Crippen MR) is 82.3 cm³/mol. The molecule has 1 saturated heterocycles. The van der Waals surface area contributed by atoms with Crippen molar-refractivity contribution in [2.24, 2.45) is 5.92 Å². The van der Waals surface area contributed by atoms with Crippen LogP contribution in [-0.2, 0) is 4.74 Å².